The molecule has 11 heteroatoms. The van der Waals surface area contributed by atoms with Crippen molar-refractivity contribution in [3.63, 3.8) is 0 Å². The number of ether oxygens (including phenoxy) is 3. The second-order valence-electron chi connectivity index (χ2n) is 8.24. The molecule has 2 aliphatic heterocycles. The molecule has 1 saturated heterocycles. The number of nitrogens with one attached hydrogen (secondary N) is 2. The number of benzene rings is 1. The summed E-state index contributed by atoms with van der Waals surface area (Å²) in [5, 5.41) is 6.54. The Morgan fingerprint density at radius 1 is 1.29 bits per heavy atom. The van der Waals surface area contributed by atoms with Gasteiger partial charge in [0.1, 0.15) is 17.4 Å². The summed E-state index contributed by atoms with van der Waals surface area (Å²) in [6, 6.07) is 8.34. The largest absolute Gasteiger partial charge is 0.497 e. The van der Waals surface area contributed by atoms with Gasteiger partial charge < -0.3 is 29.7 Å². The minimum absolute atomic E-state index is 0.00542. The van der Waals surface area contributed by atoms with E-state index in [9.17, 15) is 14.0 Å². The van der Waals surface area contributed by atoms with E-state index < -0.39 is 18.0 Å². The summed E-state index contributed by atoms with van der Waals surface area (Å²) in [6.45, 7) is 2.02. The molecule has 3 aromatic rings. The van der Waals surface area contributed by atoms with Crippen LogP contribution in [0.15, 0.2) is 36.5 Å². The van der Waals surface area contributed by atoms with E-state index in [0.717, 1.165) is 5.69 Å². The summed E-state index contributed by atoms with van der Waals surface area (Å²) >= 11 is 0. The summed E-state index contributed by atoms with van der Waals surface area (Å²) in [7, 11) is 1.47. The molecule has 5 rings (SSSR count). The Balaban J connectivity index is 1.15. The molecule has 1 aromatic carbocycles. The van der Waals surface area contributed by atoms with Crippen LogP contribution >= 0.6 is 0 Å². The molecule has 0 bridgehead atoms. The number of aromatic nitrogens is 2. The third kappa shape index (κ3) is 4.80. The van der Waals surface area contributed by atoms with Gasteiger partial charge in [-0.05, 0) is 37.2 Å². The van der Waals surface area contributed by atoms with E-state index in [0.29, 0.717) is 60.9 Å². The van der Waals surface area contributed by atoms with Crippen molar-refractivity contribution in [1.82, 2.24) is 20.2 Å². The fraction of sp³-hybridized carbons (Fsp3) is 0.333. The Morgan fingerprint density at radius 2 is 2.17 bits per heavy atom. The molecule has 2 aromatic heterocycles. The minimum atomic E-state index is -0.524. The van der Waals surface area contributed by atoms with Gasteiger partial charge in [-0.1, -0.05) is 0 Å². The van der Waals surface area contributed by atoms with Crippen LogP contribution in [-0.4, -0.2) is 60.2 Å². The standard InChI is InChI=1S/C24H24FN5O5/c1-33-15-9-17-16(5-7-27-22(17)18(25)10-15)20-12-30(24(32)35-20)8-2-6-26-11-14-3-4-19-23(28-14)29-21(31)13-34-19/h3-5,7,9-10,20,26H,2,6,8,11-13H2,1H3,(H,28,29,31). The van der Waals surface area contributed by atoms with E-state index in [4.69, 9.17) is 14.2 Å². The average molecular weight is 481 g/mol. The number of carbonyl (C=O) groups is 2. The van der Waals surface area contributed by atoms with Crippen LogP contribution in [0.2, 0.25) is 0 Å². The summed E-state index contributed by atoms with van der Waals surface area (Å²) in [4.78, 5) is 34.1. The minimum Gasteiger partial charge on any atom is -0.497 e. The topological polar surface area (TPSA) is 115 Å². The SMILES string of the molecule is COc1cc(F)c2nccc(C3CN(CCCNCc4ccc5c(n4)NC(=O)CO5)C(=O)O3)c2c1. The van der Waals surface area contributed by atoms with E-state index in [1.54, 1.807) is 23.1 Å². The van der Waals surface area contributed by atoms with Crippen molar-refractivity contribution in [2.75, 3.05) is 38.7 Å². The molecule has 0 aliphatic carbocycles. The van der Waals surface area contributed by atoms with Crippen molar-refractivity contribution in [3.8, 4) is 11.5 Å². The molecule has 4 heterocycles. The van der Waals surface area contributed by atoms with Crippen LogP contribution in [0.5, 0.6) is 11.5 Å². The van der Waals surface area contributed by atoms with Gasteiger partial charge in [-0.15, -0.1) is 0 Å². The molecule has 0 spiro atoms. The second-order valence-corrected chi connectivity index (χ2v) is 8.24. The Bertz CT molecular complexity index is 1290. The third-order valence-electron chi connectivity index (χ3n) is 5.90. The lowest BCUT2D eigenvalue weighted by Gasteiger charge is -2.17. The van der Waals surface area contributed by atoms with Crippen molar-refractivity contribution in [2.45, 2.75) is 19.1 Å². The van der Waals surface area contributed by atoms with Gasteiger partial charge in [0.2, 0.25) is 0 Å². The van der Waals surface area contributed by atoms with E-state index in [1.165, 1.54) is 19.4 Å². The van der Waals surface area contributed by atoms with Crippen LogP contribution in [0.25, 0.3) is 10.9 Å². The lowest BCUT2D eigenvalue weighted by molar-refractivity contribution is -0.118. The molecule has 0 saturated carbocycles. The van der Waals surface area contributed by atoms with Crippen molar-refractivity contribution in [2.24, 2.45) is 0 Å². The van der Waals surface area contributed by atoms with Crippen LogP contribution in [0.4, 0.5) is 15.0 Å². The molecule has 182 valence electrons. The van der Waals surface area contributed by atoms with Gasteiger partial charge in [0, 0.05) is 36.3 Å². The van der Waals surface area contributed by atoms with E-state index in [1.807, 2.05) is 6.07 Å². The zero-order chi connectivity index (χ0) is 24.4. The highest BCUT2D eigenvalue weighted by Gasteiger charge is 2.33. The van der Waals surface area contributed by atoms with Crippen LogP contribution in [0.3, 0.4) is 0 Å². The van der Waals surface area contributed by atoms with Gasteiger partial charge in [0.15, 0.2) is 24.0 Å². The lowest BCUT2D eigenvalue weighted by Crippen LogP contribution is -2.28. The number of pyridine rings is 2. The van der Waals surface area contributed by atoms with Gasteiger partial charge in [-0.25, -0.2) is 14.2 Å². The van der Waals surface area contributed by atoms with Crippen LogP contribution in [0, 0.1) is 5.82 Å². The molecule has 10 nitrogen and oxygen atoms in total. The van der Waals surface area contributed by atoms with Crippen molar-refractivity contribution in [3.05, 3.63) is 53.6 Å². The zero-order valence-electron chi connectivity index (χ0n) is 19.0. The lowest BCUT2D eigenvalue weighted by atomic mass is 10.0. The number of fused-ring (bicyclic) bond motifs is 2. The Kier molecular flexibility index (Phi) is 6.32. The van der Waals surface area contributed by atoms with E-state index in [-0.39, 0.29) is 18.0 Å². The highest BCUT2D eigenvalue weighted by molar-refractivity contribution is 5.94. The molecule has 35 heavy (non-hydrogen) atoms. The molecule has 1 unspecified atom stereocenters. The number of carbonyl (C=O) groups excluding carboxylic acids is 2. The number of cyclic esters (lactones) is 1. The molecule has 0 radical (unpaired) electrons. The number of anilines is 1. The van der Waals surface area contributed by atoms with Crippen LogP contribution in [0.1, 0.15) is 23.8 Å². The first kappa shape index (κ1) is 22.8. The monoisotopic (exact) mass is 481 g/mol. The molecule has 2 N–H and O–H groups in total. The zero-order valence-corrected chi connectivity index (χ0v) is 19.0. The maximum absolute atomic E-state index is 14.4. The molecule has 1 atom stereocenters. The fourth-order valence-electron chi connectivity index (χ4n) is 4.17. The number of halogens is 1. The number of amides is 2. The average Bonchev–Trinajstić information content (AvgIpc) is 3.23. The summed E-state index contributed by atoms with van der Waals surface area (Å²) in [5.41, 5.74) is 1.67. The molecule has 2 amide bonds. The maximum Gasteiger partial charge on any atom is 0.410 e. The maximum atomic E-state index is 14.4. The normalized spacial score (nSPS) is 17.1. The highest BCUT2D eigenvalue weighted by Crippen LogP contribution is 2.33. The number of nitrogens with zero attached hydrogens (tertiary/aromatic N) is 3. The van der Waals surface area contributed by atoms with Gasteiger partial charge in [0.25, 0.3) is 5.91 Å². The predicted octanol–water partition coefficient (Wildman–Crippen LogP) is 2.78. The Hall–Kier alpha value is -3.99. The molecule has 2 aliphatic rings. The number of rotatable bonds is 8. The molecule has 1 fully saturated rings. The van der Waals surface area contributed by atoms with Crippen LogP contribution in [-0.2, 0) is 16.1 Å². The first-order valence-electron chi connectivity index (χ1n) is 11.2. The predicted molar refractivity (Wildman–Crippen MR) is 124 cm³/mol. The van der Waals surface area contributed by atoms with Gasteiger partial charge in [0.05, 0.1) is 19.3 Å². The number of methoxy groups -OCH3 is 1. The van der Waals surface area contributed by atoms with Gasteiger partial charge in [-0.2, -0.15) is 0 Å². The van der Waals surface area contributed by atoms with Crippen LogP contribution < -0.4 is 20.1 Å². The fourth-order valence-corrected chi connectivity index (χ4v) is 4.17. The van der Waals surface area contributed by atoms with E-state index in [2.05, 4.69) is 20.6 Å². The van der Waals surface area contributed by atoms with Gasteiger partial charge >= 0.3 is 6.09 Å². The summed E-state index contributed by atoms with van der Waals surface area (Å²) in [5.74, 6) is 0.637. The van der Waals surface area contributed by atoms with E-state index >= 15 is 0 Å². The molecular formula is C24H24FN5O5. The molecular weight excluding hydrogens is 457 g/mol. The quantitative estimate of drug-likeness (QED) is 0.472. The first-order chi connectivity index (χ1) is 17.0. The summed E-state index contributed by atoms with van der Waals surface area (Å²) in [6.07, 6.45) is 1.28. The van der Waals surface area contributed by atoms with Gasteiger partial charge in [-0.3, -0.25) is 9.78 Å². The van der Waals surface area contributed by atoms with Crippen molar-refractivity contribution < 1.29 is 28.2 Å². The summed E-state index contributed by atoms with van der Waals surface area (Å²) < 4.78 is 30.5. The Morgan fingerprint density at radius 3 is 3.03 bits per heavy atom. The second kappa shape index (κ2) is 9.71. The first-order valence-corrected chi connectivity index (χ1v) is 11.2. The number of hydrogen-bond acceptors (Lipinski definition) is 8. The van der Waals surface area contributed by atoms with Crippen molar-refractivity contribution in [1.29, 1.82) is 0 Å². The third-order valence-corrected chi connectivity index (χ3v) is 5.90. The smallest absolute Gasteiger partial charge is 0.410 e. The van der Waals surface area contributed by atoms with Crippen molar-refractivity contribution >= 4 is 28.7 Å². The highest BCUT2D eigenvalue weighted by atomic mass is 19.1. The number of hydrogen-bond donors (Lipinski definition) is 2. The Labute approximate surface area is 200 Å².